The van der Waals surface area contributed by atoms with Crippen molar-refractivity contribution in [2.24, 2.45) is 0 Å². The molecule has 2 N–H and O–H groups in total. The number of aliphatic hydroxyl groups is 1. The number of nitrogens with zero attached hydrogens (tertiary/aromatic N) is 6. The second kappa shape index (κ2) is 11.4. The predicted molar refractivity (Wildman–Crippen MR) is 156 cm³/mol. The Morgan fingerprint density at radius 3 is 2.64 bits per heavy atom. The van der Waals surface area contributed by atoms with Crippen molar-refractivity contribution in [2.75, 3.05) is 37.6 Å². The number of pyridine rings is 1. The number of likely N-dealkylation sites (N-methyl/N-ethyl adjacent to an activating group) is 1. The molecule has 5 heterocycles. The summed E-state index contributed by atoms with van der Waals surface area (Å²) in [6, 6.07) is 9.93. The van der Waals surface area contributed by atoms with Gasteiger partial charge in [-0.05, 0) is 69.4 Å². The van der Waals surface area contributed by atoms with Crippen LogP contribution in [0.4, 0.5) is 5.82 Å². The van der Waals surface area contributed by atoms with E-state index in [-0.39, 0.29) is 11.9 Å². The van der Waals surface area contributed by atoms with Gasteiger partial charge in [-0.2, -0.15) is 5.10 Å². The lowest BCUT2D eigenvalue weighted by atomic mass is 9.94. The first-order chi connectivity index (χ1) is 18.8. The Hall–Kier alpha value is -3.34. The van der Waals surface area contributed by atoms with Crippen LogP contribution in [0.2, 0.25) is 0 Å². The van der Waals surface area contributed by atoms with Crippen LogP contribution in [0, 0.1) is 0 Å². The summed E-state index contributed by atoms with van der Waals surface area (Å²) in [5.74, 6) is 0.588. The second-order valence-electron chi connectivity index (χ2n) is 10.5. The lowest BCUT2D eigenvalue weighted by Crippen LogP contribution is -2.43. The summed E-state index contributed by atoms with van der Waals surface area (Å²) in [5.41, 5.74) is 2.85. The molecule has 1 unspecified atom stereocenters. The van der Waals surface area contributed by atoms with E-state index in [2.05, 4.69) is 41.0 Å². The van der Waals surface area contributed by atoms with E-state index in [1.807, 2.05) is 48.8 Å². The molecule has 1 atom stereocenters. The van der Waals surface area contributed by atoms with E-state index in [0.717, 1.165) is 35.0 Å². The highest BCUT2D eigenvalue weighted by Crippen LogP contribution is 2.31. The maximum atomic E-state index is 13.4. The number of nitrogens with one attached hydrogen (secondary N) is 1. The highest BCUT2D eigenvalue weighted by Gasteiger charge is 2.29. The molecule has 0 bridgehead atoms. The summed E-state index contributed by atoms with van der Waals surface area (Å²) in [6.45, 7) is 12.0. The number of thiophene rings is 1. The van der Waals surface area contributed by atoms with Crippen molar-refractivity contribution in [1.82, 2.24) is 29.8 Å². The molecule has 0 saturated carbocycles. The van der Waals surface area contributed by atoms with Crippen molar-refractivity contribution in [3.8, 4) is 21.8 Å². The molecule has 10 heteroatoms. The summed E-state index contributed by atoms with van der Waals surface area (Å²) >= 11 is 1.64. The van der Waals surface area contributed by atoms with E-state index in [1.165, 1.54) is 0 Å². The molecule has 5 rings (SSSR count). The van der Waals surface area contributed by atoms with E-state index in [9.17, 15) is 9.90 Å². The third-order valence-electron chi connectivity index (χ3n) is 7.65. The van der Waals surface area contributed by atoms with Crippen molar-refractivity contribution >= 4 is 28.7 Å². The molecule has 1 amide bonds. The van der Waals surface area contributed by atoms with Crippen LogP contribution in [0.25, 0.3) is 27.5 Å². The topological polar surface area (TPSA) is 98.9 Å². The minimum atomic E-state index is -0.681. The smallest absolute Gasteiger partial charge is 0.251 e. The molecule has 9 nitrogen and oxygen atoms in total. The molecule has 39 heavy (non-hydrogen) atoms. The van der Waals surface area contributed by atoms with E-state index in [4.69, 9.17) is 9.97 Å². The summed E-state index contributed by atoms with van der Waals surface area (Å²) in [4.78, 5) is 28.9. The molecule has 206 valence electrons. The fraction of sp³-hybridized carbons (Fsp3) is 0.448. The molecule has 1 aliphatic heterocycles. The molecular formula is C29H37N7O2S. The predicted octanol–water partition coefficient (Wildman–Crippen LogP) is 4.33. The minimum absolute atomic E-state index is 0.133. The van der Waals surface area contributed by atoms with Gasteiger partial charge in [-0.1, -0.05) is 19.9 Å². The Labute approximate surface area is 233 Å². The number of hydrogen-bond acceptors (Lipinski definition) is 8. The zero-order valence-electron chi connectivity index (χ0n) is 23.1. The largest absolute Gasteiger partial charge is 0.390 e. The first-order valence-electron chi connectivity index (χ1n) is 13.7. The summed E-state index contributed by atoms with van der Waals surface area (Å²) in [7, 11) is 0. The maximum Gasteiger partial charge on any atom is 0.251 e. The van der Waals surface area contributed by atoms with E-state index in [1.54, 1.807) is 22.0 Å². The van der Waals surface area contributed by atoms with Crippen LogP contribution >= 0.6 is 11.3 Å². The number of carbonyl (C=O) groups is 1. The maximum absolute atomic E-state index is 13.4. The van der Waals surface area contributed by atoms with E-state index < -0.39 is 5.60 Å². The number of anilines is 1. The first kappa shape index (κ1) is 27.2. The van der Waals surface area contributed by atoms with Gasteiger partial charge in [-0.3, -0.25) is 9.69 Å². The van der Waals surface area contributed by atoms with Crippen molar-refractivity contribution in [2.45, 2.75) is 52.2 Å². The van der Waals surface area contributed by atoms with Crippen LogP contribution < -0.4 is 10.2 Å². The molecule has 1 saturated heterocycles. The number of piperidine rings is 1. The highest BCUT2D eigenvalue weighted by molar-refractivity contribution is 7.13. The van der Waals surface area contributed by atoms with Crippen LogP contribution in [-0.2, 0) is 0 Å². The van der Waals surface area contributed by atoms with Crippen molar-refractivity contribution < 1.29 is 9.90 Å². The van der Waals surface area contributed by atoms with E-state index in [0.29, 0.717) is 49.4 Å². The van der Waals surface area contributed by atoms with Crippen LogP contribution in [0.15, 0.2) is 48.1 Å². The van der Waals surface area contributed by atoms with Crippen molar-refractivity contribution in [3.63, 3.8) is 0 Å². The van der Waals surface area contributed by atoms with Gasteiger partial charge in [0.1, 0.15) is 5.82 Å². The van der Waals surface area contributed by atoms with Gasteiger partial charge < -0.3 is 15.3 Å². The number of hydrogen-bond donors (Lipinski definition) is 2. The summed E-state index contributed by atoms with van der Waals surface area (Å²) < 4.78 is 1.74. The molecule has 1 fully saturated rings. The third-order valence-corrected chi connectivity index (χ3v) is 8.54. The molecule has 1 aliphatic rings. The number of aromatic nitrogens is 4. The normalized spacial score (nSPS) is 16.1. The molecule has 4 aromatic heterocycles. The van der Waals surface area contributed by atoms with Gasteiger partial charge in [0.25, 0.3) is 5.91 Å². The Morgan fingerprint density at radius 1 is 1.18 bits per heavy atom. The quantitative estimate of drug-likeness (QED) is 0.322. The number of carbonyl (C=O) groups excluding carboxylic acids is 1. The average Bonchev–Trinajstić information content (AvgIpc) is 3.62. The van der Waals surface area contributed by atoms with Crippen LogP contribution in [0.3, 0.4) is 0 Å². The standard InChI is InChI=1S/C29H37N7O2S/c1-5-34(6-2)20(3)18-30-28(37)21-16-24(32-26(17-21)35-13-10-29(4,38)11-14-35)22-19-31-36-12-9-23(33-27(22)36)25-8-7-15-39-25/h7-9,12,15-17,19-20,38H,5-6,10-11,13-14,18H2,1-4H3,(H,30,37). The molecule has 0 radical (unpaired) electrons. The van der Waals surface area contributed by atoms with Crippen LogP contribution in [-0.4, -0.2) is 79.9 Å². The average molecular weight is 548 g/mol. The number of amides is 1. The lowest BCUT2D eigenvalue weighted by Gasteiger charge is -2.36. The van der Waals surface area contributed by atoms with Gasteiger partial charge in [0.2, 0.25) is 0 Å². The highest BCUT2D eigenvalue weighted by atomic mass is 32.1. The molecule has 0 aromatic carbocycles. The Kier molecular flexibility index (Phi) is 7.97. The second-order valence-corrected chi connectivity index (χ2v) is 11.4. The van der Waals surface area contributed by atoms with E-state index >= 15 is 0 Å². The number of rotatable bonds is 9. The summed E-state index contributed by atoms with van der Waals surface area (Å²) in [5, 5.41) is 20.2. The van der Waals surface area contributed by atoms with Gasteiger partial charge >= 0.3 is 0 Å². The molecule has 0 aliphatic carbocycles. The number of fused-ring (bicyclic) bond motifs is 1. The Bertz CT molecular complexity index is 1420. The Morgan fingerprint density at radius 2 is 1.95 bits per heavy atom. The summed E-state index contributed by atoms with van der Waals surface area (Å²) in [6.07, 6.45) is 4.95. The van der Waals surface area contributed by atoms with Gasteiger partial charge in [0, 0.05) is 37.4 Å². The van der Waals surface area contributed by atoms with Gasteiger partial charge in [-0.15, -0.1) is 11.3 Å². The lowest BCUT2D eigenvalue weighted by molar-refractivity contribution is 0.0350. The van der Waals surface area contributed by atoms with Gasteiger partial charge in [0.15, 0.2) is 5.65 Å². The monoisotopic (exact) mass is 547 g/mol. The van der Waals surface area contributed by atoms with Crippen molar-refractivity contribution in [1.29, 1.82) is 0 Å². The molecule has 4 aromatic rings. The van der Waals surface area contributed by atoms with Crippen LogP contribution in [0.1, 0.15) is 50.9 Å². The molecular weight excluding hydrogens is 510 g/mol. The Balaban J connectivity index is 1.51. The SMILES string of the molecule is CCN(CC)C(C)CNC(=O)c1cc(-c2cnn3ccc(-c4cccs4)nc23)nc(N2CCC(C)(O)CC2)c1. The van der Waals surface area contributed by atoms with Crippen LogP contribution in [0.5, 0.6) is 0 Å². The zero-order chi connectivity index (χ0) is 27.6. The van der Waals surface area contributed by atoms with Gasteiger partial charge in [-0.25, -0.2) is 14.5 Å². The fourth-order valence-corrected chi connectivity index (χ4v) is 5.79. The fourth-order valence-electron chi connectivity index (χ4n) is 5.09. The first-order valence-corrected chi connectivity index (χ1v) is 14.6. The molecule has 0 spiro atoms. The van der Waals surface area contributed by atoms with Crippen molar-refractivity contribution in [3.05, 3.63) is 53.7 Å². The zero-order valence-corrected chi connectivity index (χ0v) is 23.9. The third kappa shape index (κ3) is 5.98. The van der Waals surface area contributed by atoms with Gasteiger partial charge in [0.05, 0.1) is 33.6 Å². The minimum Gasteiger partial charge on any atom is -0.390 e.